The second-order valence-corrected chi connectivity index (χ2v) is 19.1. The summed E-state index contributed by atoms with van der Waals surface area (Å²) in [6.45, 7) is 4.76. The fourth-order valence-corrected chi connectivity index (χ4v) is 12.6. The molecule has 0 aliphatic heterocycles. The van der Waals surface area contributed by atoms with Crippen LogP contribution in [-0.2, 0) is 17.3 Å². The van der Waals surface area contributed by atoms with Crippen LogP contribution in [0.1, 0.15) is 53.6 Å². The van der Waals surface area contributed by atoms with E-state index < -0.39 is 0 Å². The molecule has 14 rings (SSSR count). The van der Waals surface area contributed by atoms with Crippen molar-refractivity contribution in [3.05, 3.63) is 246 Å². The van der Waals surface area contributed by atoms with Gasteiger partial charge < -0.3 is 9.32 Å². The highest BCUT2D eigenvalue weighted by Crippen LogP contribution is 2.60. The van der Waals surface area contributed by atoms with Gasteiger partial charge in [-0.15, -0.1) is 0 Å². The Labute approximate surface area is 385 Å². The predicted octanol–water partition coefficient (Wildman–Crippen LogP) is 17.1. The van der Waals surface area contributed by atoms with Gasteiger partial charge in [0, 0.05) is 33.0 Å². The fraction of sp³-hybridized carbons (Fsp3) is 0.0938. The molecule has 1 spiro atoms. The van der Waals surface area contributed by atoms with Crippen LogP contribution in [0.15, 0.2) is 217 Å². The standard InChI is InChI=1S/C64H45NO/c1-63(2)55-25-11-8-21-49(55)52-23-13-22-51(61(52)63)47-19-7-6-17-45(47)41-29-32-43(33-30-41)65(58-27-14-28-59-60(58)53-35-31-40-15-3-5-18-46(40)62(53)66-59)44-34-36-50-48-20-9-12-26-56(48)64(57(50)39-44)38-37-42-16-4-10-24-54(42)64/h3-36,39H,37-38H2,1-2H3. The van der Waals surface area contributed by atoms with Crippen LogP contribution in [0.5, 0.6) is 0 Å². The Kier molecular flexibility index (Phi) is 7.82. The molecule has 0 N–H and O–H groups in total. The largest absolute Gasteiger partial charge is 0.455 e. The van der Waals surface area contributed by atoms with Crippen molar-refractivity contribution in [3.63, 3.8) is 0 Å². The Hall–Kier alpha value is -7.94. The molecule has 3 aliphatic rings. The van der Waals surface area contributed by atoms with Gasteiger partial charge in [0.25, 0.3) is 0 Å². The smallest absolute Gasteiger partial charge is 0.143 e. The minimum Gasteiger partial charge on any atom is -0.455 e. The number of rotatable bonds is 5. The van der Waals surface area contributed by atoms with Crippen molar-refractivity contribution in [2.45, 2.75) is 37.5 Å². The highest BCUT2D eigenvalue weighted by molar-refractivity contribution is 6.19. The molecule has 66 heavy (non-hydrogen) atoms. The van der Waals surface area contributed by atoms with Crippen LogP contribution in [0, 0.1) is 0 Å². The van der Waals surface area contributed by atoms with Gasteiger partial charge in [-0.05, 0) is 139 Å². The van der Waals surface area contributed by atoms with E-state index in [1.807, 2.05) is 0 Å². The first-order valence-electron chi connectivity index (χ1n) is 23.4. The van der Waals surface area contributed by atoms with Crippen molar-refractivity contribution in [2.75, 3.05) is 4.90 Å². The zero-order chi connectivity index (χ0) is 43.7. The van der Waals surface area contributed by atoms with Gasteiger partial charge in [0.2, 0.25) is 0 Å². The molecule has 312 valence electrons. The summed E-state index contributed by atoms with van der Waals surface area (Å²) in [5.74, 6) is 0. The molecule has 0 amide bonds. The third-order valence-corrected chi connectivity index (χ3v) is 15.5. The number of hydrogen-bond acceptors (Lipinski definition) is 2. The molecule has 0 fully saturated rings. The van der Waals surface area contributed by atoms with E-state index in [4.69, 9.17) is 4.42 Å². The summed E-state index contributed by atoms with van der Waals surface area (Å²) in [7, 11) is 0. The summed E-state index contributed by atoms with van der Waals surface area (Å²) in [4.78, 5) is 2.48. The molecule has 0 saturated heterocycles. The molecule has 0 radical (unpaired) electrons. The lowest BCUT2D eigenvalue weighted by molar-refractivity contribution is 0.626. The minimum absolute atomic E-state index is 0.124. The fourth-order valence-electron chi connectivity index (χ4n) is 12.6. The lowest BCUT2D eigenvalue weighted by Crippen LogP contribution is -2.24. The van der Waals surface area contributed by atoms with Crippen molar-refractivity contribution in [3.8, 4) is 44.5 Å². The lowest BCUT2D eigenvalue weighted by atomic mass is 9.73. The van der Waals surface area contributed by atoms with Gasteiger partial charge in [0.15, 0.2) is 0 Å². The number of fused-ring (bicyclic) bond motifs is 15. The Morgan fingerprint density at radius 1 is 0.439 bits per heavy atom. The lowest BCUT2D eigenvalue weighted by Gasteiger charge is -2.31. The van der Waals surface area contributed by atoms with Crippen molar-refractivity contribution in [2.24, 2.45) is 0 Å². The molecule has 1 heterocycles. The van der Waals surface area contributed by atoms with E-state index >= 15 is 0 Å². The number of hydrogen-bond donors (Lipinski definition) is 0. The van der Waals surface area contributed by atoms with Gasteiger partial charge in [0.05, 0.1) is 11.1 Å². The molecule has 1 aromatic heterocycles. The van der Waals surface area contributed by atoms with E-state index in [1.165, 1.54) is 83.3 Å². The second-order valence-electron chi connectivity index (χ2n) is 19.1. The number of benzene rings is 10. The quantitative estimate of drug-likeness (QED) is 0.172. The maximum atomic E-state index is 6.83. The van der Waals surface area contributed by atoms with E-state index in [0.717, 1.165) is 57.2 Å². The zero-order valence-corrected chi connectivity index (χ0v) is 37.0. The Bertz CT molecular complexity index is 3810. The molecule has 10 aromatic carbocycles. The van der Waals surface area contributed by atoms with Gasteiger partial charge in [-0.1, -0.05) is 184 Å². The Morgan fingerprint density at radius 3 is 1.89 bits per heavy atom. The van der Waals surface area contributed by atoms with Gasteiger partial charge in [-0.2, -0.15) is 0 Å². The van der Waals surface area contributed by atoms with Crippen LogP contribution in [0.3, 0.4) is 0 Å². The highest BCUT2D eigenvalue weighted by Gasteiger charge is 2.48. The summed E-state index contributed by atoms with van der Waals surface area (Å²) in [6, 6.07) is 79.1. The summed E-state index contributed by atoms with van der Waals surface area (Å²) in [5, 5.41) is 4.52. The maximum Gasteiger partial charge on any atom is 0.143 e. The molecule has 0 saturated carbocycles. The maximum absolute atomic E-state index is 6.83. The molecular formula is C64H45NO. The van der Waals surface area contributed by atoms with Crippen LogP contribution in [0.2, 0.25) is 0 Å². The van der Waals surface area contributed by atoms with Crippen molar-refractivity contribution in [1.29, 1.82) is 0 Å². The van der Waals surface area contributed by atoms with Gasteiger partial charge in [-0.3, -0.25) is 0 Å². The highest BCUT2D eigenvalue weighted by atomic mass is 16.3. The average Bonchev–Trinajstić information content (AvgIpc) is 4.10. The van der Waals surface area contributed by atoms with E-state index in [2.05, 4.69) is 231 Å². The Balaban J connectivity index is 0.965. The monoisotopic (exact) mass is 843 g/mol. The minimum atomic E-state index is -0.210. The van der Waals surface area contributed by atoms with Crippen LogP contribution in [0.4, 0.5) is 17.1 Å². The van der Waals surface area contributed by atoms with E-state index in [-0.39, 0.29) is 10.8 Å². The summed E-state index contributed by atoms with van der Waals surface area (Å²) in [6.07, 6.45) is 2.11. The number of anilines is 3. The van der Waals surface area contributed by atoms with Gasteiger partial charge in [-0.25, -0.2) is 0 Å². The normalized spacial score (nSPS) is 16.1. The average molecular weight is 844 g/mol. The first-order valence-corrected chi connectivity index (χ1v) is 23.4. The topological polar surface area (TPSA) is 16.4 Å². The summed E-state index contributed by atoms with van der Waals surface area (Å²) >= 11 is 0. The van der Waals surface area contributed by atoms with Crippen LogP contribution >= 0.6 is 0 Å². The van der Waals surface area contributed by atoms with Crippen molar-refractivity contribution >= 4 is 49.8 Å². The summed E-state index contributed by atoms with van der Waals surface area (Å²) < 4.78 is 6.83. The molecule has 1 atom stereocenters. The molecular weight excluding hydrogens is 799 g/mol. The third-order valence-electron chi connectivity index (χ3n) is 15.5. The molecule has 1 unspecified atom stereocenters. The first-order chi connectivity index (χ1) is 32.5. The van der Waals surface area contributed by atoms with E-state index in [9.17, 15) is 0 Å². The van der Waals surface area contributed by atoms with Gasteiger partial charge >= 0.3 is 0 Å². The van der Waals surface area contributed by atoms with Gasteiger partial charge in [0.1, 0.15) is 11.2 Å². The first kappa shape index (κ1) is 37.4. The number of nitrogens with zero attached hydrogens (tertiary/aromatic N) is 1. The summed E-state index contributed by atoms with van der Waals surface area (Å²) in [5.41, 5.74) is 23.6. The van der Waals surface area contributed by atoms with Crippen molar-refractivity contribution < 1.29 is 4.42 Å². The molecule has 0 bridgehead atoms. The second kappa shape index (κ2) is 13.8. The van der Waals surface area contributed by atoms with E-state index in [1.54, 1.807) is 0 Å². The number of furan rings is 1. The molecule has 2 nitrogen and oxygen atoms in total. The molecule has 3 aliphatic carbocycles. The van der Waals surface area contributed by atoms with Crippen molar-refractivity contribution in [1.82, 2.24) is 0 Å². The van der Waals surface area contributed by atoms with Crippen LogP contribution < -0.4 is 4.90 Å². The zero-order valence-electron chi connectivity index (χ0n) is 37.0. The SMILES string of the molecule is CC1(C)c2ccccc2-c2cccc(-c3ccccc3-c3ccc(N(c4ccc5c(c4)C4(CCc6ccccc64)c4ccccc4-5)c4cccc5oc6c7ccccc7ccc6c45)cc3)c21. The predicted molar refractivity (Wildman–Crippen MR) is 274 cm³/mol. The third kappa shape index (κ3) is 5.07. The molecule has 2 heteroatoms. The van der Waals surface area contributed by atoms with Crippen LogP contribution in [-0.4, -0.2) is 0 Å². The Morgan fingerprint density at radius 2 is 1.06 bits per heavy atom. The number of aryl methyl sites for hydroxylation is 1. The molecule has 11 aromatic rings. The van der Waals surface area contributed by atoms with E-state index in [0.29, 0.717) is 0 Å². The van der Waals surface area contributed by atoms with Crippen LogP contribution in [0.25, 0.3) is 77.2 Å².